The van der Waals surface area contributed by atoms with Gasteiger partial charge in [0.2, 0.25) is 0 Å². The maximum absolute atomic E-state index is 13.3. The highest BCUT2D eigenvalue weighted by Gasteiger charge is 2.30. The van der Waals surface area contributed by atoms with Crippen LogP contribution >= 0.6 is 0 Å². The molecule has 9 nitrogen and oxygen atoms in total. The Morgan fingerprint density at radius 2 is 1.97 bits per heavy atom. The fraction of sp³-hybridized carbons (Fsp3) is 0.409. The number of rotatable bonds is 4. The lowest BCUT2D eigenvalue weighted by Gasteiger charge is -2.20. The summed E-state index contributed by atoms with van der Waals surface area (Å²) >= 11 is 0. The molecule has 31 heavy (non-hydrogen) atoms. The van der Waals surface area contributed by atoms with Crippen molar-refractivity contribution in [2.45, 2.75) is 51.1 Å². The molecule has 0 spiro atoms. The van der Waals surface area contributed by atoms with Crippen LogP contribution in [0.1, 0.15) is 65.3 Å². The molecule has 1 fully saturated rings. The van der Waals surface area contributed by atoms with Gasteiger partial charge in [-0.15, -0.1) is 0 Å². The first kappa shape index (κ1) is 19.5. The van der Waals surface area contributed by atoms with Gasteiger partial charge in [0.15, 0.2) is 0 Å². The van der Waals surface area contributed by atoms with Crippen molar-refractivity contribution in [1.29, 1.82) is 0 Å². The number of phenolic OH excluding ortho intramolecular Hbond substituents is 2. The Labute approximate surface area is 179 Å². The molecule has 1 saturated carbocycles. The predicted octanol–water partition coefficient (Wildman–Crippen LogP) is 3.50. The van der Waals surface area contributed by atoms with E-state index in [9.17, 15) is 15.0 Å². The maximum Gasteiger partial charge on any atom is 0.260 e. The summed E-state index contributed by atoms with van der Waals surface area (Å²) in [6, 6.07) is 4.64. The standard InChI is InChI=1S/C22H26N6O3/c1-27-20(9-16(26-27)13-5-3-2-4-6-13)24-17-7-15(29)8-19(30)21(17)22(31)28-11-14-10-23-25-18(14)12-28/h7-10,13,24,29-30H,2-6,11-12H2,1H3,(H,23,25). The van der Waals surface area contributed by atoms with E-state index in [2.05, 4.69) is 20.6 Å². The first-order valence-corrected chi connectivity index (χ1v) is 10.7. The third kappa shape index (κ3) is 3.60. The molecule has 0 atom stereocenters. The predicted molar refractivity (Wildman–Crippen MR) is 114 cm³/mol. The number of aryl methyl sites for hydroxylation is 1. The van der Waals surface area contributed by atoms with Crippen molar-refractivity contribution in [3.8, 4) is 11.5 Å². The first-order valence-electron chi connectivity index (χ1n) is 10.7. The highest BCUT2D eigenvalue weighted by Crippen LogP contribution is 2.37. The second kappa shape index (κ2) is 7.64. The van der Waals surface area contributed by atoms with Crippen molar-refractivity contribution in [1.82, 2.24) is 24.9 Å². The number of aromatic amines is 1. The van der Waals surface area contributed by atoms with Gasteiger partial charge in [0, 0.05) is 43.3 Å². The van der Waals surface area contributed by atoms with Crippen molar-refractivity contribution in [2.24, 2.45) is 7.05 Å². The number of hydrogen-bond acceptors (Lipinski definition) is 6. The van der Waals surface area contributed by atoms with Gasteiger partial charge in [-0.3, -0.25) is 14.6 Å². The van der Waals surface area contributed by atoms with Gasteiger partial charge in [0.1, 0.15) is 22.9 Å². The van der Waals surface area contributed by atoms with Crippen LogP contribution in [-0.2, 0) is 20.1 Å². The SMILES string of the molecule is Cn1nc(C2CCCCC2)cc1Nc1cc(O)cc(O)c1C(=O)N1Cc2cn[nH]c2C1. The Balaban J connectivity index is 1.44. The van der Waals surface area contributed by atoms with Gasteiger partial charge in [0.05, 0.1) is 29.8 Å². The lowest BCUT2D eigenvalue weighted by Crippen LogP contribution is -2.26. The van der Waals surface area contributed by atoms with Gasteiger partial charge in [-0.2, -0.15) is 10.2 Å². The smallest absolute Gasteiger partial charge is 0.260 e. The number of benzene rings is 1. The van der Waals surface area contributed by atoms with E-state index in [1.807, 2.05) is 13.1 Å². The summed E-state index contributed by atoms with van der Waals surface area (Å²) in [5.74, 6) is 0.439. The molecule has 0 unspecified atom stereocenters. The van der Waals surface area contributed by atoms with Gasteiger partial charge in [-0.05, 0) is 12.8 Å². The van der Waals surface area contributed by atoms with E-state index < -0.39 is 0 Å². The van der Waals surface area contributed by atoms with E-state index >= 15 is 0 Å². The Kier molecular flexibility index (Phi) is 4.80. The molecule has 4 N–H and O–H groups in total. The van der Waals surface area contributed by atoms with Crippen molar-refractivity contribution in [2.75, 3.05) is 5.32 Å². The van der Waals surface area contributed by atoms with E-state index in [4.69, 9.17) is 0 Å². The number of fused-ring (bicyclic) bond motifs is 1. The van der Waals surface area contributed by atoms with Crippen LogP contribution < -0.4 is 5.32 Å². The Morgan fingerprint density at radius 1 is 1.16 bits per heavy atom. The number of phenols is 2. The van der Waals surface area contributed by atoms with Crippen LogP contribution in [0, 0.1) is 0 Å². The third-order valence-corrected chi connectivity index (χ3v) is 6.31. The molecule has 0 bridgehead atoms. The van der Waals surface area contributed by atoms with Crippen molar-refractivity contribution in [3.05, 3.63) is 46.9 Å². The van der Waals surface area contributed by atoms with Gasteiger partial charge in [0.25, 0.3) is 5.91 Å². The van der Waals surface area contributed by atoms with Gasteiger partial charge >= 0.3 is 0 Å². The quantitative estimate of drug-likeness (QED) is 0.511. The van der Waals surface area contributed by atoms with Crippen LogP contribution in [-0.4, -0.2) is 41.0 Å². The van der Waals surface area contributed by atoms with Crippen molar-refractivity contribution in [3.63, 3.8) is 0 Å². The number of aromatic hydroxyl groups is 2. The molecule has 9 heteroatoms. The summed E-state index contributed by atoms with van der Waals surface area (Å²) in [6.45, 7) is 0.813. The number of nitrogens with one attached hydrogen (secondary N) is 2. The molecule has 1 aliphatic carbocycles. The minimum Gasteiger partial charge on any atom is -0.508 e. The van der Waals surface area contributed by atoms with E-state index in [0.717, 1.165) is 29.8 Å². The van der Waals surface area contributed by atoms with Gasteiger partial charge < -0.3 is 20.4 Å². The highest BCUT2D eigenvalue weighted by atomic mass is 16.3. The second-order valence-electron chi connectivity index (χ2n) is 8.46. The van der Waals surface area contributed by atoms with Crippen molar-refractivity contribution >= 4 is 17.4 Å². The molecule has 162 valence electrons. The summed E-state index contributed by atoms with van der Waals surface area (Å²) in [4.78, 5) is 14.9. The average Bonchev–Trinajstić information content (AvgIpc) is 3.43. The fourth-order valence-electron chi connectivity index (χ4n) is 4.64. The summed E-state index contributed by atoms with van der Waals surface area (Å²) in [6.07, 6.45) is 7.70. The van der Waals surface area contributed by atoms with Crippen LogP contribution in [0.4, 0.5) is 11.5 Å². The zero-order valence-corrected chi connectivity index (χ0v) is 17.4. The monoisotopic (exact) mass is 422 g/mol. The normalized spacial score (nSPS) is 16.5. The number of nitrogens with zero attached hydrogens (tertiary/aromatic N) is 4. The minimum absolute atomic E-state index is 0.122. The van der Waals surface area contributed by atoms with Crippen LogP contribution in [0.2, 0.25) is 0 Å². The van der Waals surface area contributed by atoms with E-state index in [1.165, 1.54) is 31.4 Å². The molecular weight excluding hydrogens is 396 g/mol. The zero-order valence-electron chi connectivity index (χ0n) is 17.4. The molecule has 5 rings (SSSR count). The first-order chi connectivity index (χ1) is 15.0. The number of aromatic nitrogens is 4. The van der Waals surface area contributed by atoms with Gasteiger partial charge in [-0.25, -0.2) is 0 Å². The number of hydrogen-bond donors (Lipinski definition) is 4. The molecular formula is C22H26N6O3. The van der Waals surface area contributed by atoms with Crippen LogP contribution in [0.25, 0.3) is 0 Å². The molecule has 1 aromatic carbocycles. The number of anilines is 2. The molecule has 2 aliphatic rings. The molecule has 3 heterocycles. The number of carbonyl (C=O) groups is 1. The summed E-state index contributed by atoms with van der Waals surface area (Å²) < 4.78 is 1.74. The molecule has 1 amide bonds. The van der Waals surface area contributed by atoms with E-state index in [0.29, 0.717) is 30.5 Å². The summed E-state index contributed by atoms with van der Waals surface area (Å²) in [7, 11) is 1.85. The van der Waals surface area contributed by atoms with Crippen LogP contribution in [0.3, 0.4) is 0 Å². The third-order valence-electron chi connectivity index (χ3n) is 6.31. The van der Waals surface area contributed by atoms with E-state index in [1.54, 1.807) is 15.8 Å². The molecule has 0 saturated heterocycles. The second-order valence-corrected chi connectivity index (χ2v) is 8.46. The average molecular weight is 422 g/mol. The topological polar surface area (TPSA) is 119 Å². The number of amides is 1. The van der Waals surface area contributed by atoms with E-state index in [-0.39, 0.29) is 23.0 Å². The molecule has 0 radical (unpaired) electrons. The Morgan fingerprint density at radius 3 is 2.74 bits per heavy atom. The summed E-state index contributed by atoms with van der Waals surface area (Å²) in [5, 5.41) is 35.4. The maximum atomic E-state index is 13.3. The van der Waals surface area contributed by atoms with Crippen molar-refractivity contribution < 1.29 is 15.0 Å². The molecule has 2 aromatic heterocycles. The fourth-order valence-corrected chi connectivity index (χ4v) is 4.64. The summed E-state index contributed by atoms with van der Waals surface area (Å²) in [5.41, 5.74) is 3.35. The van der Waals surface area contributed by atoms with Crippen LogP contribution in [0.15, 0.2) is 24.4 Å². The highest BCUT2D eigenvalue weighted by molar-refractivity contribution is 6.03. The lowest BCUT2D eigenvalue weighted by atomic mass is 9.87. The Bertz CT molecular complexity index is 1110. The van der Waals surface area contributed by atoms with Gasteiger partial charge in [-0.1, -0.05) is 19.3 Å². The molecule has 3 aromatic rings. The molecule has 1 aliphatic heterocycles. The lowest BCUT2D eigenvalue weighted by molar-refractivity contribution is 0.0747. The zero-order chi connectivity index (χ0) is 21.5. The number of H-pyrrole nitrogens is 1. The minimum atomic E-state index is -0.320. The van der Waals surface area contributed by atoms with Crippen LogP contribution in [0.5, 0.6) is 11.5 Å². The largest absolute Gasteiger partial charge is 0.508 e. The Hall–Kier alpha value is -3.49. The number of carbonyl (C=O) groups excluding carboxylic acids is 1.